The van der Waals surface area contributed by atoms with Gasteiger partial charge in [-0.15, -0.1) is 0 Å². The van der Waals surface area contributed by atoms with Crippen LogP contribution in [-0.2, 0) is 20.4 Å². The first-order chi connectivity index (χ1) is 10.5. The van der Waals surface area contributed by atoms with E-state index in [-0.39, 0.29) is 23.4 Å². The predicted octanol–water partition coefficient (Wildman–Crippen LogP) is 2.37. The van der Waals surface area contributed by atoms with Gasteiger partial charge >= 0.3 is 0 Å². The van der Waals surface area contributed by atoms with Crippen molar-refractivity contribution in [2.45, 2.75) is 23.0 Å². The Kier molecular flexibility index (Phi) is 2.89. The first-order valence-corrected chi connectivity index (χ1v) is 8.63. The van der Waals surface area contributed by atoms with Crippen molar-refractivity contribution in [2.24, 2.45) is 17.8 Å². The number of carbonyl (C=O) groups excluding carboxylic acids is 2. The van der Waals surface area contributed by atoms with Gasteiger partial charge in [0.1, 0.15) is 4.75 Å². The van der Waals surface area contributed by atoms with Gasteiger partial charge in [-0.05, 0) is 43.5 Å². The highest BCUT2D eigenvalue weighted by Gasteiger charge is 2.66. The summed E-state index contributed by atoms with van der Waals surface area (Å²) in [4.78, 5) is 25.8. The maximum absolute atomic E-state index is 13.3. The lowest BCUT2D eigenvalue weighted by molar-refractivity contribution is -0.127. The van der Waals surface area contributed by atoms with Crippen LogP contribution >= 0.6 is 0 Å². The number of aryl methyl sites for hydroxylation is 1. The highest BCUT2D eigenvalue weighted by molar-refractivity contribution is 7.87. The van der Waals surface area contributed by atoms with Gasteiger partial charge < -0.3 is 0 Å². The molecule has 3 aliphatic carbocycles. The van der Waals surface area contributed by atoms with Crippen molar-refractivity contribution >= 4 is 22.4 Å². The van der Waals surface area contributed by atoms with Crippen molar-refractivity contribution in [3.05, 3.63) is 54.1 Å². The van der Waals surface area contributed by atoms with Crippen LogP contribution in [0.3, 0.4) is 0 Å². The third-order valence-corrected chi connectivity index (χ3v) is 7.26. The molecule has 0 unspecified atom stereocenters. The van der Waals surface area contributed by atoms with Crippen LogP contribution in [0.25, 0.3) is 0 Å². The minimum atomic E-state index is -1.53. The molecule has 2 bridgehead atoms. The largest absolute Gasteiger partial charge is 0.294 e. The molecule has 0 N–H and O–H groups in total. The summed E-state index contributed by atoms with van der Waals surface area (Å²) in [5.41, 5.74) is 1.08. The predicted molar refractivity (Wildman–Crippen MR) is 83.7 cm³/mol. The molecular weight excluding hydrogens is 296 g/mol. The first kappa shape index (κ1) is 13.8. The zero-order valence-electron chi connectivity index (χ0n) is 12.2. The minimum absolute atomic E-state index is 0.0424. The summed E-state index contributed by atoms with van der Waals surface area (Å²) in [6.45, 7) is 1.96. The van der Waals surface area contributed by atoms with Gasteiger partial charge in [0.25, 0.3) is 0 Å². The second-order valence-electron chi connectivity index (χ2n) is 6.34. The number of hydrogen-bond acceptors (Lipinski definition) is 3. The number of carbonyl (C=O) groups is 2. The number of fused-ring (bicyclic) bond motifs is 5. The summed E-state index contributed by atoms with van der Waals surface area (Å²) in [6, 6.07) is 7.41. The van der Waals surface area contributed by atoms with E-state index in [0.717, 1.165) is 12.0 Å². The lowest BCUT2D eigenvalue weighted by Crippen LogP contribution is -2.56. The molecule has 0 heterocycles. The summed E-state index contributed by atoms with van der Waals surface area (Å²) >= 11 is 0. The Morgan fingerprint density at radius 1 is 1.09 bits per heavy atom. The Bertz CT molecular complexity index is 759. The molecule has 4 rings (SSSR count). The molecule has 0 amide bonds. The van der Waals surface area contributed by atoms with Crippen molar-refractivity contribution < 1.29 is 13.8 Å². The van der Waals surface area contributed by atoms with E-state index in [1.54, 1.807) is 0 Å². The zero-order chi connectivity index (χ0) is 15.5. The van der Waals surface area contributed by atoms with Gasteiger partial charge in [0, 0.05) is 10.8 Å². The van der Waals surface area contributed by atoms with Gasteiger partial charge in [0.2, 0.25) is 0 Å². The topological polar surface area (TPSA) is 51.2 Å². The molecule has 0 aliphatic heterocycles. The molecule has 0 aromatic heterocycles. The highest BCUT2D eigenvalue weighted by Crippen LogP contribution is 2.57. The average molecular weight is 312 g/mol. The molecule has 3 nitrogen and oxygen atoms in total. The summed E-state index contributed by atoms with van der Waals surface area (Å²) in [5.74, 6) is -0.751. The quantitative estimate of drug-likeness (QED) is 0.788. The summed E-state index contributed by atoms with van der Waals surface area (Å²) < 4.78 is 12.2. The van der Waals surface area contributed by atoms with E-state index in [0.29, 0.717) is 4.90 Å². The van der Waals surface area contributed by atoms with Crippen LogP contribution < -0.4 is 0 Å². The van der Waals surface area contributed by atoms with Crippen LogP contribution in [0.2, 0.25) is 0 Å². The summed E-state index contributed by atoms with van der Waals surface area (Å²) in [6.07, 6.45) is 7.45. The second-order valence-corrected chi connectivity index (χ2v) is 8.03. The molecule has 1 aromatic carbocycles. The van der Waals surface area contributed by atoms with Crippen LogP contribution in [0.5, 0.6) is 0 Å². The summed E-state index contributed by atoms with van der Waals surface area (Å²) in [7, 11) is -1.53. The minimum Gasteiger partial charge on any atom is -0.294 e. The normalized spacial score (nSPS) is 36.7. The van der Waals surface area contributed by atoms with Gasteiger partial charge in [0.05, 0.1) is 16.7 Å². The van der Waals surface area contributed by atoms with Crippen LogP contribution in [0.4, 0.5) is 0 Å². The molecule has 112 valence electrons. The van der Waals surface area contributed by atoms with E-state index >= 15 is 0 Å². The zero-order valence-corrected chi connectivity index (χ0v) is 13.0. The van der Waals surface area contributed by atoms with E-state index in [9.17, 15) is 13.8 Å². The lowest BCUT2D eigenvalue weighted by Gasteiger charge is -2.39. The Morgan fingerprint density at radius 3 is 2.55 bits per heavy atom. The SMILES string of the molecule is Cc1ccc([S@](=O)[C@]23C(=O)C=CC(=O)[C@H]2[C@H]2C=C[C@@H]3C2)cc1. The molecule has 0 spiro atoms. The first-order valence-electron chi connectivity index (χ1n) is 7.48. The fraction of sp³-hybridized carbons (Fsp3) is 0.333. The fourth-order valence-electron chi connectivity index (χ4n) is 4.19. The maximum atomic E-state index is 13.3. The number of benzene rings is 1. The van der Waals surface area contributed by atoms with Crippen molar-refractivity contribution in [3.8, 4) is 0 Å². The van der Waals surface area contributed by atoms with Crippen LogP contribution in [0, 0.1) is 24.7 Å². The molecule has 1 saturated carbocycles. The maximum Gasteiger partial charge on any atom is 0.176 e. The third kappa shape index (κ3) is 1.59. The van der Waals surface area contributed by atoms with Gasteiger partial charge in [-0.1, -0.05) is 29.8 Å². The molecule has 4 heteroatoms. The highest BCUT2D eigenvalue weighted by atomic mass is 32.2. The van der Waals surface area contributed by atoms with Crippen molar-refractivity contribution in [3.63, 3.8) is 0 Å². The van der Waals surface area contributed by atoms with E-state index in [4.69, 9.17) is 0 Å². The third-order valence-electron chi connectivity index (χ3n) is 5.19. The number of hydrogen-bond donors (Lipinski definition) is 0. The Hall–Kier alpha value is -1.81. The molecule has 22 heavy (non-hydrogen) atoms. The van der Waals surface area contributed by atoms with Crippen LogP contribution in [-0.4, -0.2) is 20.5 Å². The van der Waals surface area contributed by atoms with Gasteiger partial charge in [-0.25, -0.2) is 0 Å². The second kappa shape index (κ2) is 4.59. The van der Waals surface area contributed by atoms with Gasteiger partial charge in [0.15, 0.2) is 11.6 Å². The number of rotatable bonds is 2. The monoisotopic (exact) mass is 312 g/mol. The molecule has 0 saturated heterocycles. The number of allylic oxidation sites excluding steroid dienone is 4. The van der Waals surface area contributed by atoms with E-state index in [1.807, 2.05) is 43.3 Å². The molecule has 0 radical (unpaired) electrons. The van der Waals surface area contributed by atoms with Crippen LogP contribution in [0.1, 0.15) is 12.0 Å². The molecule has 1 fully saturated rings. The van der Waals surface area contributed by atoms with E-state index < -0.39 is 21.5 Å². The van der Waals surface area contributed by atoms with E-state index in [1.165, 1.54) is 12.2 Å². The molecule has 1 aromatic rings. The van der Waals surface area contributed by atoms with Crippen molar-refractivity contribution in [1.29, 1.82) is 0 Å². The summed E-state index contributed by atoms with van der Waals surface area (Å²) in [5, 5.41) is 0. The van der Waals surface area contributed by atoms with Crippen molar-refractivity contribution in [1.82, 2.24) is 0 Å². The molecular formula is C18H16O3S. The standard InChI is InChI=1S/C18H16O3S/c1-11-2-6-14(7-3-11)22(21)18-13-5-4-12(10-13)17(18)15(19)8-9-16(18)20/h2-9,12-13,17H,10H2,1H3/t12-,13+,17+,18+,22-/m0/s1. The van der Waals surface area contributed by atoms with Crippen LogP contribution in [0.15, 0.2) is 53.5 Å². The smallest absolute Gasteiger partial charge is 0.176 e. The van der Waals surface area contributed by atoms with Gasteiger partial charge in [-0.3, -0.25) is 13.8 Å². The Balaban J connectivity index is 1.89. The van der Waals surface area contributed by atoms with Crippen molar-refractivity contribution in [2.75, 3.05) is 0 Å². The average Bonchev–Trinajstić information content (AvgIpc) is 3.11. The molecule has 5 atom stereocenters. The Labute approximate surface area is 131 Å². The van der Waals surface area contributed by atoms with Gasteiger partial charge in [-0.2, -0.15) is 0 Å². The lowest BCUT2D eigenvalue weighted by atomic mass is 9.74. The number of ketones is 2. The fourth-order valence-corrected chi connectivity index (χ4v) is 6.19. The Morgan fingerprint density at radius 2 is 1.82 bits per heavy atom. The van der Waals surface area contributed by atoms with E-state index in [2.05, 4.69) is 0 Å². The molecule has 3 aliphatic rings.